The van der Waals surface area contributed by atoms with Crippen LogP contribution in [0.25, 0.3) is 0 Å². The second kappa shape index (κ2) is 10.1. The van der Waals surface area contributed by atoms with E-state index in [-0.39, 0.29) is 25.4 Å². The first-order chi connectivity index (χ1) is 12.6. The third-order valence-corrected chi connectivity index (χ3v) is 3.43. The molecule has 0 N–H and O–H groups in total. The van der Waals surface area contributed by atoms with Crippen molar-refractivity contribution in [2.24, 2.45) is 0 Å². The van der Waals surface area contributed by atoms with Gasteiger partial charge in [0.25, 0.3) is 5.78 Å². The summed E-state index contributed by atoms with van der Waals surface area (Å²) >= 11 is 0. The van der Waals surface area contributed by atoms with Gasteiger partial charge >= 0.3 is 11.9 Å². The van der Waals surface area contributed by atoms with E-state index in [0.29, 0.717) is 5.56 Å². The standard InChI is InChI=1S/C20H20O6/c1-2-24-20(23)18(16-11-7-4-8-12-16)25-13-14-26-19(22)17(21)15-9-5-3-6-10-15/h3-12,18H,2,13-14H2,1H3. The average molecular weight is 356 g/mol. The lowest BCUT2D eigenvalue weighted by Gasteiger charge is -2.16. The Labute approximate surface area is 151 Å². The number of carbonyl (C=O) groups excluding carboxylic acids is 3. The fourth-order valence-electron chi connectivity index (χ4n) is 2.22. The molecule has 0 bridgehead atoms. The van der Waals surface area contributed by atoms with Crippen LogP contribution in [0, 0.1) is 0 Å². The van der Waals surface area contributed by atoms with Crippen molar-refractivity contribution >= 4 is 17.7 Å². The number of ether oxygens (including phenoxy) is 3. The Morgan fingerprint density at radius 2 is 1.46 bits per heavy atom. The molecule has 0 radical (unpaired) electrons. The predicted molar refractivity (Wildman–Crippen MR) is 93.5 cm³/mol. The smallest absolute Gasteiger partial charge is 0.379 e. The van der Waals surface area contributed by atoms with Gasteiger partial charge in [0.05, 0.1) is 13.2 Å². The number of carbonyl (C=O) groups is 3. The molecule has 0 amide bonds. The van der Waals surface area contributed by atoms with Crippen molar-refractivity contribution in [2.75, 3.05) is 19.8 Å². The molecule has 26 heavy (non-hydrogen) atoms. The fourth-order valence-corrected chi connectivity index (χ4v) is 2.22. The van der Waals surface area contributed by atoms with E-state index in [4.69, 9.17) is 14.2 Å². The Balaban J connectivity index is 1.86. The van der Waals surface area contributed by atoms with Crippen molar-refractivity contribution in [2.45, 2.75) is 13.0 Å². The molecule has 0 saturated carbocycles. The Hall–Kier alpha value is -2.99. The Morgan fingerprint density at radius 1 is 0.846 bits per heavy atom. The molecule has 2 rings (SSSR count). The number of esters is 2. The summed E-state index contributed by atoms with van der Waals surface area (Å²) in [7, 11) is 0. The molecular weight excluding hydrogens is 336 g/mol. The molecule has 0 aliphatic carbocycles. The maximum absolute atomic E-state index is 12.1. The molecule has 0 heterocycles. The zero-order chi connectivity index (χ0) is 18.8. The molecule has 0 spiro atoms. The summed E-state index contributed by atoms with van der Waals surface area (Å²) in [6.45, 7) is 1.73. The highest BCUT2D eigenvalue weighted by atomic mass is 16.6. The van der Waals surface area contributed by atoms with E-state index in [1.807, 2.05) is 6.07 Å². The van der Waals surface area contributed by atoms with Crippen LogP contribution in [-0.4, -0.2) is 37.5 Å². The van der Waals surface area contributed by atoms with Crippen LogP contribution >= 0.6 is 0 Å². The monoisotopic (exact) mass is 356 g/mol. The van der Waals surface area contributed by atoms with Crippen LogP contribution in [0.15, 0.2) is 60.7 Å². The first-order valence-electron chi connectivity index (χ1n) is 8.23. The highest BCUT2D eigenvalue weighted by molar-refractivity contribution is 6.40. The minimum Gasteiger partial charge on any atom is -0.464 e. The Bertz CT molecular complexity index is 726. The van der Waals surface area contributed by atoms with E-state index < -0.39 is 23.8 Å². The van der Waals surface area contributed by atoms with Crippen LogP contribution in [-0.2, 0) is 23.8 Å². The number of hydrogen-bond donors (Lipinski definition) is 0. The number of ketones is 1. The van der Waals surface area contributed by atoms with Gasteiger partial charge in [-0.05, 0) is 12.5 Å². The molecule has 6 nitrogen and oxygen atoms in total. The van der Waals surface area contributed by atoms with Crippen LogP contribution in [0.1, 0.15) is 28.9 Å². The van der Waals surface area contributed by atoms with Crippen LogP contribution in [0.4, 0.5) is 0 Å². The Kier molecular flexibility index (Phi) is 7.51. The molecule has 0 aliphatic rings. The van der Waals surface area contributed by atoms with E-state index in [1.165, 1.54) is 12.1 Å². The van der Waals surface area contributed by atoms with Gasteiger partial charge in [0, 0.05) is 5.56 Å². The van der Waals surface area contributed by atoms with Gasteiger partial charge in [-0.15, -0.1) is 0 Å². The molecule has 136 valence electrons. The van der Waals surface area contributed by atoms with E-state index in [2.05, 4.69) is 0 Å². The normalized spacial score (nSPS) is 11.4. The number of Topliss-reactive ketones (excluding diaryl/α,β-unsaturated/α-hetero) is 1. The minimum atomic E-state index is -0.966. The predicted octanol–water partition coefficient (Wildman–Crippen LogP) is 2.73. The van der Waals surface area contributed by atoms with Crippen LogP contribution in [0.2, 0.25) is 0 Å². The summed E-state index contributed by atoms with van der Waals surface area (Å²) in [6.07, 6.45) is -0.917. The van der Waals surface area contributed by atoms with Crippen LogP contribution in [0.5, 0.6) is 0 Å². The minimum absolute atomic E-state index is 0.0494. The van der Waals surface area contributed by atoms with Crippen molar-refractivity contribution in [1.82, 2.24) is 0 Å². The van der Waals surface area contributed by atoms with E-state index in [9.17, 15) is 14.4 Å². The number of rotatable bonds is 9. The SMILES string of the molecule is CCOC(=O)C(OCCOC(=O)C(=O)c1ccccc1)c1ccccc1. The van der Waals surface area contributed by atoms with E-state index in [0.717, 1.165) is 0 Å². The second-order valence-electron chi connectivity index (χ2n) is 5.24. The quantitative estimate of drug-likeness (QED) is 0.297. The van der Waals surface area contributed by atoms with E-state index in [1.54, 1.807) is 49.4 Å². The van der Waals surface area contributed by atoms with Crippen molar-refractivity contribution < 1.29 is 28.6 Å². The Morgan fingerprint density at radius 3 is 2.08 bits per heavy atom. The first-order valence-corrected chi connectivity index (χ1v) is 8.23. The molecule has 2 aromatic rings. The van der Waals surface area contributed by atoms with E-state index >= 15 is 0 Å². The summed E-state index contributed by atoms with van der Waals surface area (Å²) < 4.78 is 15.4. The van der Waals surface area contributed by atoms with Crippen molar-refractivity contribution in [3.05, 3.63) is 71.8 Å². The molecule has 0 saturated heterocycles. The lowest BCUT2D eigenvalue weighted by atomic mass is 10.1. The molecule has 6 heteroatoms. The lowest BCUT2D eigenvalue weighted by molar-refractivity contribution is -0.159. The molecule has 0 aliphatic heterocycles. The third-order valence-electron chi connectivity index (χ3n) is 3.43. The van der Waals surface area contributed by atoms with Gasteiger partial charge in [0.15, 0.2) is 6.10 Å². The van der Waals surface area contributed by atoms with Crippen LogP contribution < -0.4 is 0 Å². The van der Waals surface area contributed by atoms with Gasteiger partial charge in [-0.2, -0.15) is 0 Å². The van der Waals surface area contributed by atoms with Gasteiger partial charge in [0.1, 0.15) is 6.61 Å². The number of benzene rings is 2. The molecular formula is C20H20O6. The maximum atomic E-state index is 12.1. The maximum Gasteiger partial charge on any atom is 0.379 e. The van der Waals surface area contributed by atoms with Crippen LogP contribution in [0.3, 0.4) is 0 Å². The largest absolute Gasteiger partial charge is 0.464 e. The van der Waals surface area contributed by atoms with Gasteiger partial charge in [0.2, 0.25) is 0 Å². The van der Waals surface area contributed by atoms with Gasteiger partial charge < -0.3 is 14.2 Å². The molecule has 1 unspecified atom stereocenters. The summed E-state index contributed by atoms with van der Waals surface area (Å²) in [4.78, 5) is 35.7. The summed E-state index contributed by atoms with van der Waals surface area (Å²) in [5.41, 5.74) is 0.893. The van der Waals surface area contributed by atoms with Crippen molar-refractivity contribution in [1.29, 1.82) is 0 Å². The third kappa shape index (κ3) is 5.53. The second-order valence-corrected chi connectivity index (χ2v) is 5.24. The zero-order valence-corrected chi connectivity index (χ0v) is 14.4. The molecule has 2 aromatic carbocycles. The highest BCUT2D eigenvalue weighted by Gasteiger charge is 2.23. The summed E-state index contributed by atoms with van der Waals surface area (Å²) in [6, 6.07) is 17.0. The van der Waals surface area contributed by atoms with Gasteiger partial charge in [-0.1, -0.05) is 60.7 Å². The summed E-state index contributed by atoms with van der Waals surface area (Å²) in [5.74, 6) is -2.21. The lowest BCUT2D eigenvalue weighted by Crippen LogP contribution is -2.23. The first kappa shape index (κ1) is 19.3. The highest BCUT2D eigenvalue weighted by Crippen LogP contribution is 2.18. The molecule has 0 aromatic heterocycles. The molecule has 0 fully saturated rings. The topological polar surface area (TPSA) is 78.9 Å². The van der Waals surface area contributed by atoms with Crippen molar-refractivity contribution in [3.8, 4) is 0 Å². The summed E-state index contributed by atoms with van der Waals surface area (Å²) in [5, 5.41) is 0. The van der Waals surface area contributed by atoms with Crippen molar-refractivity contribution in [3.63, 3.8) is 0 Å². The average Bonchev–Trinajstić information content (AvgIpc) is 2.68. The van der Waals surface area contributed by atoms with Gasteiger partial charge in [-0.25, -0.2) is 9.59 Å². The fraction of sp³-hybridized carbons (Fsp3) is 0.250. The molecule has 1 atom stereocenters. The van der Waals surface area contributed by atoms with Gasteiger partial charge in [-0.3, -0.25) is 4.79 Å². The number of hydrogen-bond acceptors (Lipinski definition) is 6. The zero-order valence-electron chi connectivity index (χ0n) is 14.4.